The molecule has 3 heterocycles. The van der Waals surface area contributed by atoms with Crippen molar-refractivity contribution in [1.82, 2.24) is 25.3 Å². The van der Waals surface area contributed by atoms with E-state index in [0.29, 0.717) is 0 Å². The molecule has 3 fully saturated rings. The highest BCUT2D eigenvalue weighted by Gasteiger charge is 2.73. The minimum Gasteiger partial charge on any atom is -0.332 e. The van der Waals surface area contributed by atoms with E-state index in [9.17, 15) is 0 Å². The highest BCUT2D eigenvalue weighted by molar-refractivity contribution is 7.80. The fourth-order valence-electron chi connectivity index (χ4n) is 4.72. The van der Waals surface area contributed by atoms with Crippen LogP contribution in [-0.4, -0.2) is 44.8 Å². The molecular formula is C20H21N5S2. The number of hydrogen-bond acceptors (Lipinski definition) is 3. The molecule has 2 aromatic rings. The molecule has 5 nitrogen and oxygen atoms in total. The van der Waals surface area contributed by atoms with Crippen LogP contribution in [0.1, 0.15) is 18.1 Å². The van der Waals surface area contributed by atoms with Gasteiger partial charge < -0.3 is 20.4 Å². The standard InChI is InChI=1S/C20H21N5S2/c1-2-23-13-24-17(26)21-19(15-9-5-3-6-10-15)20(24,16-11-7-4-8-12-16)25(14-23)18(27)22-19/h3-12H,2,13-14H2,1H3,(H,21,26)(H,22,27). The van der Waals surface area contributed by atoms with Gasteiger partial charge in [0.05, 0.1) is 13.3 Å². The van der Waals surface area contributed by atoms with Crippen molar-refractivity contribution in [2.75, 3.05) is 19.9 Å². The van der Waals surface area contributed by atoms with E-state index in [0.717, 1.165) is 35.7 Å². The van der Waals surface area contributed by atoms with Crippen LogP contribution in [0.2, 0.25) is 0 Å². The molecule has 0 radical (unpaired) electrons. The predicted octanol–water partition coefficient (Wildman–Crippen LogP) is 2.32. The van der Waals surface area contributed by atoms with Crippen LogP contribution in [-0.2, 0) is 11.3 Å². The van der Waals surface area contributed by atoms with Crippen LogP contribution in [0.5, 0.6) is 0 Å². The molecule has 2 N–H and O–H groups in total. The van der Waals surface area contributed by atoms with Crippen LogP contribution in [0.15, 0.2) is 60.7 Å². The second kappa shape index (κ2) is 5.89. The lowest BCUT2D eigenvalue weighted by Gasteiger charge is -2.53. The summed E-state index contributed by atoms with van der Waals surface area (Å²) in [6.07, 6.45) is 0. The summed E-state index contributed by atoms with van der Waals surface area (Å²) >= 11 is 11.7. The molecule has 3 aliphatic rings. The van der Waals surface area contributed by atoms with Gasteiger partial charge in [0.2, 0.25) is 0 Å². The van der Waals surface area contributed by atoms with Gasteiger partial charge in [-0.1, -0.05) is 67.6 Å². The molecule has 0 spiro atoms. The van der Waals surface area contributed by atoms with Crippen LogP contribution in [0.25, 0.3) is 0 Å². The zero-order valence-electron chi connectivity index (χ0n) is 15.1. The van der Waals surface area contributed by atoms with Crippen molar-refractivity contribution in [3.63, 3.8) is 0 Å². The molecule has 0 saturated carbocycles. The van der Waals surface area contributed by atoms with E-state index in [2.05, 4.69) is 80.8 Å². The molecule has 0 atom stereocenters. The Bertz CT molecular complexity index is 873. The molecule has 0 bridgehead atoms. The Morgan fingerprint density at radius 3 is 1.78 bits per heavy atom. The maximum atomic E-state index is 5.84. The number of nitrogens with zero attached hydrogens (tertiary/aromatic N) is 3. The number of nitrogens with one attached hydrogen (secondary N) is 2. The molecule has 3 aliphatic heterocycles. The highest BCUT2D eigenvalue weighted by atomic mass is 32.1. The van der Waals surface area contributed by atoms with Gasteiger partial charge in [0.25, 0.3) is 0 Å². The molecule has 2 aromatic carbocycles. The first-order valence-corrected chi connectivity index (χ1v) is 9.98. The van der Waals surface area contributed by atoms with Crippen molar-refractivity contribution < 1.29 is 0 Å². The monoisotopic (exact) mass is 395 g/mol. The second-order valence-corrected chi connectivity index (χ2v) is 7.91. The first kappa shape index (κ1) is 16.9. The Morgan fingerprint density at radius 2 is 1.30 bits per heavy atom. The fourth-order valence-corrected chi connectivity index (χ4v) is 5.40. The lowest BCUT2D eigenvalue weighted by Crippen LogP contribution is -2.68. The van der Waals surface area contributed by atoms with Crippen molar-refractivity contribution in [3.8, 4) is 0 Å². The zero-order chi connectivity index (χ0) is 18.6. The molecule has 3 saturated heterocycles. The van der Waals surface area contributed by atoms with Crippen molar-refractivity contribution in [1.29, 1.82) is 0 Å². The highest BCUT2D eigenvalue weighted by Crippen LogP contribution is 2.55. The maximum absolute atomic E-state index is 5.84. The van der Waals surface area contributed by atoms with E-state index in [1.807, 2.05) is 12.1 Å². The molecule has 0 aromatic heterocycles. The number of hydrogen-bond donors (Lipinski definition) is 2. The van der Waals surface area contributed by atoms with Crippen LogP contribution in [0.4, 0.5) is 0 Å². The van der Waals surface area contributed by atoms with E-state index in [4.69, 9.17) is 24.4 Å². The summed E-state index contributed by atoms with van der Waals surface area (Å²) in [5.41, 5.74) is 1.11. The molecular weight excluding hydrogens is 374 g/mol. The van der Waals surface area contributed by atoms with Crippen LogP contribution in [0.3, 0.4) is 0 Å². The summed E-state index contributed by atoms with van der Waals surface area (Å²) < 4.78 is 0. The molecule has 27 heavy (non-hydrogen) atoms. The largest absolute Gasteiger partial charge is 0.332 e. The number of thiocarbonyl (C=S) groups is 2. The molecule has 7 heteroatoms. The van der Waals surface area contributed by atoms with Gasteiger partial charge in [-0.15, -0.1) is 0 Å². The van der Waals surface area contributed by atoms with Crippen molar-refractivity contribution in [2.24, 2.45) is 0 Å². The Morgan fingerprint density at radius 1 is 0.815 bits per heavy atom. The zero-order valence-corrected chi connectivity index (χ0v) is 16.7. The van der Waals surface area contributed by atoms with E-state index < -0.39 is 11.3 Å². The SMILES string of the molecule is CCN1CN2C(=S)NC3(c4ccccc4)NC(=S)N(C1)C23c1ccccc1. The smallest absolute Gasteiger partial charge is 0.192 e. The van der Waals surface area contributed by atoms with Crippen molar-refractivity contribution in [3.05, 3.63) is 71.8 Å². The van der Waals surface area contributed by atoms with Crippen LogP contribution < -0.4 is 10.6 Å². The minimum absolute atomic E-state index is 0.546. The van der Waals surface area contributed by atoms with Crippen LogP contribution in [0, 0.1) is 0 Å². The summed E-state index contributed by atoms with van der Waals surface area (Å²) in [7, 11) is 0. The Hall–Kier alpha value is -2.22. The van der Waals surface area contributed by atoms with Gasteiger partial charge in [-0.05, 0) is 31.0 Å². The predicted molar refractivity (Wildman–Crippen MR) is 113 cm³/mol. The Kier molecular flexibility index (Phi) is 3.69. The average molecular weight is 396 g/mol. The Labute approximate surface area is 169 Å². The fraction of sp³-hybridized carbons (Fsp3) is 0.300. The summed E-state index contributed by atoms with van der Waals surface area (Å²) in [6, 6.07) is 21.0. The van der Waals surface area contributed by atoms with Gasteiger partial charge in [0.15, 0.2) is 21.6 Å². The summed E-state index contributed by atoms with van der Waals surface area (Å²) in [4.78, 5) is 6.91. The third-order valence-electron chi connectivity index (χ3n) is 5.90. The van der Waals surface area contributed by atoms with Crippen molar-refractivity contribution >= 4 is 34.7 Å². The van der Waals surface area contributed by atoms with Gasteiger partial charge in [-0.25, -0.2) is 0 Å². The first-order valence-electron chi connectivity index (χ1n) is 9.16. The third kappa shape index (κ3) is 2.02. The lowest BCUT2D eigenvalue weighted by atomic mass is 9.81. The first-order chi connectivity index (χ1) is 13.1. The summed E-state index contributed by atoms with van der Waals surface area (Å²) in [6.45, 7) is 4.61. The van der Waals surface area contributed by atoms with E-state index >= 15 is 0 Å². The van der Waals surface area contributed by atoms with Gasteiger partial charge in [0, 0.05) is 11.1 Å². The van der Waals surface area contributed by atoms with Gasteiger partial charge >= 0.3 is 0 Å². The minimum atomic E-state index is -0.635. The lowest BCUT2D eigenvalue weighted by molar-refractivity contribution is -0.0951. The van der Waals surface area contributed by atoms with Gasteiger partial charge in [-0.3, -0.25) is 4.90 Å². The molecule has 138 valence electrons. The van der Waals surface area contributed by atoms with Gasteiger partial charge in [-0.2, -0.15) is 0 Å². The molecule has 5 rings (SSSR count). The summed E-state index contributed by atoms with van der Waals surface area (Å²) in [5.74, 6) is 0. The van der Waals surface area contributed by atoms with E-state index in [-0.39, 0.29) is 0 Å². The van der Waals surface area contributed by atoms with E-state index in [1.54, 1.807) is 0 Å². The summed E-state index contributed by atoms with van der Waals surface area (Å²) in [5, 5.41) is 8.72. The topological polar surface area (TPSA) is 33.8 Å². The number of rotatable bonds is 3. The number of benzene rings is 2. The van der Waals surface area contributed by atoms with Crippen molar-refractivity contribution in [2.45, 2.75) is 18.2 Å². The molecule has 0 amide bonds. The maximum Gasteiger partial charge on any atom is 0.192 e. The second-order valence-electron chi connectivity index (χ2n) is 7.14. The van der Waals surface area contributed by atoms with E-state index in [1.165, 1.54) is 5.56 Å². The average Bonchev–Trinajstić information content (AvgIpc) is 3.13. The normalized spacial score (nSPS) is 29.5. The van der Waals surface area contributed by atoms with Gasteiger partial charge in [0.1, 0.15) is 0 Å². The molecule has 0 aliphatic carbocycles. The Balaban J connectivity index is 1.82. The van der Waals surface area contributed by atoms with Crippen LogP contribution >= 0.6 is 24.4 Å². The molecule has 0 unspecified atom stereocenters. The third-order valence-corrected chi connectivity index (χ3v) is 6.54. The quantitative estimate of drug-likeness (QED) is 0.772.